The molecule has 108 valence electrons. The van der Waals surface area contributed by atoms with E-state index in [0.29, 0.717) is 0 Å². The molecule has 0 unspecified atom stereocenters. The van der Waals surface area contributed by atoms with Gasteiger partial charge < -0.3 is 0 Å². The first-order valence-electron chi connectivity index (χ1n) is 8.44. The molecule has 1 aromatic carbocycles. The van der Waals surface area contributed by atoms with Crippen LogP contribution < -0.4 is 0 Å². The van der Waals surface area contributed by atoms with Crippen molar-refractivity contribution >= 4 is 0 Å². The smallest absolute Gasteiger partial charge is 0.0279 e. The molecule has 0 aliphatic heterocycles. The molecular weight excluding hydrogens is 228 g/mol. The quantitative estimate of drug-likeness (QED) is 0.408. The monoisotopic (exact) mass is 260 g/mol. The minimum atomic E-state index is 1.24. The van der Waals surface area contributed by atoms with Crippen LogP contribution in [0.5, 0.6) is 0 Å². The van der Waals surface area contributed by atoms with E-state index in [4.69, 9.17) is 0 Å². The van der Waals surface area contributed by atoms with Crippen molar-refractivity contribution in [3.05, 3.63) is 35.4 Å². The Labute approximate surface area is 120 Å². The zero-order chi connectivity index (χ0) is 13.8. The van der Waals surface area contributed by atoms with Gasteiger partial charge in [-0.2, -0.15) is 0 Å². The van der Waals surface area contributed by atoms with Crippen LogP contribution in [0, 0.1) is 0 Å². The Balaban J connectivity index is 2.09. The maximum Gasteiger partial charge on any atom is -0.0279 e. The summed E-state index contributed by atoms with van der Waals surface area (Å²) < 4.78 is 0. The Morgan fingerprint density at radius 2 is 0.947 bits per heavy atom. The average molecular weight is 260 g/mol. The molecule has 0 heteroatoms. The minimum absolute atomic E-state index is 1.24. The first-order valence-corrected chi connectivity index (χ1v) is 8.44. The molecule has 0 atom stereocenters. The van der Waals surface area contributed by atoms with Crippen molar-refractivity contribution in [2.45, 2.75) is 84.5 Å². The van der Waals surface area contributed by atoms with Crippen molar-refractivity contribution in [1.82, 2.24) is 0 Å². The Kier molecular flexibility index (Phi) is 9.49. The summed E-state index contributed by atoms with van der Waals surface area (Å²) in [6.45, 7) is 4.54. The van der Waals surface area contributed by atoms with E-state index < -0.39 is 0 Å². The number of rotatable bonds is 11. The molecule has 0 aliphatic carbocycles. The molecule has 0 heterocycles. The van der Waals surface area contributed by atoms with Crippen LogP contribution in [0.1, 0.15) is 82.8 Å². The zero-order valence-electron chi connectivity index (χ0n) is 13.1. The number of hydrogen-bond acceptors (Lipinski definition) is 0. The molecule has 1 aromatic rings. The second kappa shape index (κ2) is 11.1. The number of unbranched alkanes of at least 4 members (excludes halogenated alkanes) is 7. The maximum atomic E-state index is 2.34. The van der Waals surface area contributed by atoms with Crippen LogP contribution in [0.2, 0.25) is 0 Å². The van der Waals surface area contributed by atoms with Gasteiger partial charge in [0, 0.05) is 0 Å². The lowest BCUT2D eigenvalue weighted by molar-refractivity contribution is 0.589. The lowest BCUT2D eigenvalue weighted by Gasteiger charge is -2.04. The van der Waals surface area contributed by atoms with Gasteiger partial charge in [0.15, 0.2) is 0 Å². The first kappa shape index (κ1) is 16.3. The summed E-state index contributed by atoms with van der Waals surface area (Å²) in [6, 6.07) is 9.32. The van der Waals surface area contributed by atoms with E-state index in [1.165, 1.54) is 81.8 Å². The van der Waals surface area contributed by atoms with E-state index in [9.17, 15) is 0 Å². The highest BCUT2D eigenvalue weighted by molar-refractivity contribution is 5.22. The van der Waals surface area contributed by atoms with Crippen LogP contribution in [0.3, 0.4) is 0 Å². The highest BCUT2D eigenvalue weighted by atomic mass is 14.0. The van der Waals surface area contributed by atoms with Gasteiger partial charge in [-0.25, -0.2) is 0 Å². The molecule has 0 nitrogen and oxygen atoms in total. The van der Waals surface area contributed by atoms with Crippen LogP contribution in [0.15, 0.2) is 24.3 Å². The van der Waals surface area contributed by atoms with Crippen LogP contribution >= 0.6 is 0 Å². The molecule has 0 amide bonds. The molecule has 0 bridgehead atoms. The van der Waals surface area contributed by atoms with E-state index in [1.807, 2.05) is 0 Å². The Bertz CT molecular complexity index is 296. The van der Waals surface area contributed by atoms with Crippen molar-refractivity contribution in [3.8, 4) is 0 Å². The summed E-state index contributed by atoms with van der Waals surface area (Å²) in [5.74, 6) is 0. The van der Waals surface area contributed by atoms with Gasteiger partial charge >= 0.3 is 0 Å². The summed E-state index contributed by atoms with van der Waals surface area (Å²) in [5.41, 5.74) is 3.03. The highest BCUT2D eigenvalue weighted by Crippen LogP contribution is 2.12. The molecule has 0 saturated carbocycles. The zero-order valence-corrected chi connectivity index (χ0v) is 13.1. The summed E-state index contributed by atoms with van der Waals surface area (Å²) in [6.07, 6.45) is 14.9. The molecule has 1 rings (SSSR count). The molecule has 0 radical (unpaired) electrons. The molecule has 0 aliphatic rings. The standard InChI is InChI=1S/C19H32/c1-3-5-7-8-9-10-11-13-19-16-14-18(15-17-19)12-6-4-2/h14-17H,3-13H2,1-2H3. The molecule has 0 saturated heterocycles. The van der Waals surface area contributed by atoms with E-state index >= 15 is 0 Å². The summed E-state index contributed by atoms with van der Waals surface area (Å²) >= 11 is 0. The third-order valence-corrected chi connectivity index (χ3v) is 3.91. The van der Waals surface area contributed by atoms with Crippen molar-refractivity contribution < 1.29 is 0 Å². The third kappa shape index (κ3) is 8.08. The van der Waals surface area contributed by atoms with Crippen molar-refractivity contribution in [1.29, 1.82) is 0 Å². The van der Waals surface area contributed by atoms with Gasteiger partial charge in [0.2, 0.25) is 0 Å². The topological polar surface area (TPSA) is 0 Å². The Hall–Kier alpha value is -0.780. The fourth-order valence-electron chi connectivity index (χ4n) is 2.54. The van der Waals surface area contributed by atoms with E-state index in [0.717, 1.165) is 0 Å². The third-order valence-electron chi connectivity index (χ3n) is 3.91. The Morgan fingerprint density at radius 1 is 0.526 bits per heavy atom. The normalized spacial score (nSPS) is 10.8. The molecular formula is C19H32. The van der Waals surface area contributed by atoms with Crippen molar-refractivity contribution in [2.75, 3.05) is 0 Å². The predicted octanol–water partition coefficient (Wildman–Crippen LogP) is 6.32. The van der Waals surface area contributed by atoms with Crippen molar-refractivity contribution in [2.24, 2.45) is 0 Å². The average Bonchev–Trinajstić information content (AvgIpc) is 2.45. The van der Waals surface area contributed by atoms with Crippen LogP contribution in [0.4, 0.5) is 0 Å². The number of aryl methyl sites for hydroxylation is 2. The Morgan fingerprint density at radius 3 is 1.47 bits per heavy atom. The fraction of sp³-hybridized carbons (Fsp3) is 0.684. The van der Waals surface area contributed by atoms with Crippen LogP contribution in [-0.2, 0) is 12.8 Å². The van der Waals surface area contributed by atoms with Crippen molar-refractivity contribution in [3.63, 3.8) is 0 Å². The molecule has 0 N–H and O–H groups in total. The lowest BCUT2D eigenvalue weighted by Crippen LogP contribution is -1.89. The first-order chi connectivity index (χ1) is 9.36. The van der Waals surface area contributed by atoms with E-state index in [1.54, 1.807) is 0 Å². The summed E-state index contributed by atoms with van der Waals surface area (Å²) in [4.78, 5) is 0. The van der Waals surface area contributed by atoms with Gasteiger partial charge in [0.1, 0.15) is 0 Å². The highest BCUT2D eigenvalue weighted by Gasteiger charge is 1.96. The van der Waals surface area contributed by atoms with Gasteiger partial charge in [0.05, 0.1) is 0 Å². The second-order valence-corrected chi connectivity index (χ2v) is 5.79. The van der Waals surface area contributed by atoms with Crippen LogP contribution in [-0.4, -0.2) is 0 Å². The molecule has 0 fully saturated rings. The summed E-state index contributed by atoms with van der Waals surface area (Å²) in [7, 11) is 0. The molecule has 0 spiro atoms. The van der Waals surface area contributed by atoms with Gasteiger partial charge in [0.25, 0.3) is 0 Å². The number of benzene rings is 1. The van der Waals surface area contributed by atoms with Gasteiger partial charge in [-0.1, -0.05) is 83.1 Å². The predicted molar refractivity (Wildman–Crippen MR) is 86.8 cm³/mol. The van der Waals surface area contributed by atoms with E-state index in [-0.39, 0.29) is 0 Å². The largest absolute Gasteiger partial charge is 0.0654 e. The van der Waals surface area contributed by atoms with Gasteiger partial charge in [-0.05, 0) is 36.8 Å². The second-order valence-electron chi connectivity index (χ2n) is 5.79. The minimum Gasteiger partial charge on any atom is -0.0654 e. The van der Waals surface area contributed by atoms with Gasteiger partial charge in [-0.3, -0.25) is 0 Å². The molecule has 19 heavy (non-hydrogen) atoms. The SMILES string of the molecule is CCCCCCCCCc1ccc(CCCC)cc1. The maximum absolute atomic E-state index is 2.34. The number of hydrogen-bond donors (Lipinski definition) is 0. The lowest BCUT2D eigenvalue weighted by atomic mass is 10.0. The van der Waals surface area contributed by atoms with E-state index in [2.05, 4.69) is 38.1 Å². The fourth-order valence-corrected chi connectivity index (χ4v) is 2.54. The van der Waals surface area contributed by atoms with Gasteiger partial charge in [-0.15, -0.1) is 0 Å². The summed E-state index contributed by atoms with van der Waals surface area (Å²) in [5, 5.41) is 0. The van der Waals surface area contributed by atoms with Crippen LogP contribution in [0.25, 0.3) is 0 Å². The molecule has 0 aromatic heterocycles.